The van der Waals surface area contributed by atoms with E-state index in [0.717, 1.165) is 27.8 Å². The van der Waals surface area contributed by atoms with Crippen molar-refractivity contribution in [3.8, 4) is 11.1 Å². The van der Waals surface area contributed by atoms with Crippen LogP contribution in [0.5, 0.6) is 0 Å². The summed E-state index contributed by atoms with van der Waals surface area (Å²) >= 11 is 12.3. The van der Waals surface area contributed by atoms with Crippen LogP contribution >= 0.6 is 18.8 Å². The fourth-order valence-corrected chi connectivity index (χ4v) is 18.5. The Balaban J connectivity index is 0.000000170. The summed E-state index contributed by atoms with van der Waals surface area (Å²) in [5.41, 5.74) is 33.3. The average molecular weight is 2180 g/mol. The maximum absolute atomic E-state index is 13.0. The first-order chi connectivity index (χ1) is 70.1. The Bertz CT molecular complexity index is 5660. The van der Waals surface area contributed by atoms with Crippen LogP contribution in [0, 0.1) is 11.8 Å². The van der Waals surface area contributed by atoms with Crippen molar-refractivity contribution in [2.45, 2.75) is 319 Å². The van der Waals surface area contributed by atoms with E-state index >= 15 is 0 Å². The van der Waals surface area contributed by atoms with Crippen LogP contribution in [-0.2, 0) is 159 Å². The molecule has 3 aromatic carbocycles. The quantitative estimate of drug-likeness (QED) is 0.00517. The molecule has 0 aromatic heterocycles. The van der Waals surface area contributed by atoms with Gasteiger partial charge in [0.1, 0.15) is 104 Å². The topological polar surface area (TPSA) is 868 Å². The molecule has 0 radical (unpaired) electrons. The maximum atomic E-state index is 13.0. The number of rotatable bonds is 28. The van der Waals surface area contributed by atoms with Crippen LogP contribution in [0.25, 0.3) is 32.0 Å². The third-order valence-electron chi connectivity index (χ3n) is 25.3. The molecule has 15 aliphatic rings. The molecule has 3 amide bonds. The number of nitrogens with zero attached hydrogens (tertiary/aromatic N) is 9. The van der Waals surface area contributed by atoms with Crippen molar-refractivity contribution in [1.29, 1.82) is 0 Å². The number of guanidine groups is 1. The summed E-state index contributed by atoms with van der Waals surface area (Å²) < 4.78 is 90.9. The van der Waals surface area contributed by atoms with Gasteiger partial charge in [0.05, 0.1) is 17.5 Å². The van der Waals surface area contributed by atoms with Crippen LogP contribution in [0.3, 0.4) is 0 Å². The number of Topliss-reactive ketones (excluding diaryl/α,β-unsaturated/α-hetero) is 2. The Kier molecular flexibility index (Phi) is 38.7. The first-order valence-corrected chi connectivity index (χ1v) is 49.4. The van der Waals surface area contributed by atoms with E-state index in [9.17, 15) is 103 Å². The number of aliphatic imine (C=N–C) groups is 3. The summed E-state index contributed by atoms with van der Waals surface area (Å²) in [6.07, 6.45) is -27.5. The van der Waals surface area contributed by atoms with Gasteiger partial charge >= 0.3 is 77.6 Å². The number of nitrogens with two attached hydrogens (primary N) is 2. The molecule has 57 nitrogen and oxygen atoms in total. The van der Waals surface area contributed by atoms with E-state index in [0.29, 0.717) is 24.7 Å². The van der Waals surface area contributed by atoms with E-state index in [-0.39, 0.29) is 36.2 Å². The number of ether oxygens (including phenoxy) is 17. The molecule has 0 bridgehead atoms. The minimum absolute atomic E-state index is 0.0153. The van der Waals surface area contributed by atoms with E-state index in [2.05, 4.69) is 92.0 Å². The molecule has 18 rings (SSSR count). The fourth-order valence-electron chi connectivity index (χ4n) is 18.2. The number of fused-ring (bicyclic) bond motifs is 12. The second-order valence-corrected chi connectivity index (χ2v) is 39.7. The van der Waals surface area contributed by atoms with E-state index in [1.165, 1.54) is 6.21 Å². The number of hydrogen-bond donors (Lipinski definition) is 20. The number of carbonyl (C=O) groups is 12. The molecule has 21 N–H and O–H groups in total. The predicted octanol–water partition coefficient (Wildman–Crippen LogP) is -2.64. The van der Waals surface area contributed by atoms with Gasteiger partial charge in [-0.1, -0.05) is 83.0 Å². The Labute approximate surface area is 859 Å². The zero-order valence-electron chi connectivity index (χ0n) is 79.9. The number of carboxylic acids is 5. The monoisotopic (exact) mass is 2180 g/mol. The number of carbonyl (C=O) groups excluding carboxylic acids is 7. The summed E-state index contributed by atoms with van der Waals surface area (Å²) in [5, 5.41) is 147. The number of aryl methyl sites for hydroxylation is 1. The second kappa shape index (κ2) is 49.3. The molecule has 34 atom stereocenters. The van der Waals surface area contributed by atoms with Crippen LogP contribution in [0.4, 0.5) is 4.79 Å². The first kappa shape index (κ1) is 117. The average Bonchev–Trinajstić information content (AvgIpc) is 1.53. The number of alkyl carbamates (subject to hydrolysis) is 1. The van der Waals surface area contributed by atoms with Gasteiger partial charge in [0.2, 0.25) is 5.91 Å². The number of azide groups is 2. The molecule has 0 saturated carbocycles. The number of amides is 3. The molecular formula is C88H110N14O43PS3+. The van der Waals surface area contributed by atoms with Gasteiger partial charge in [-0.05, 0) is 114 Å². The molecular weight excluding hydrogens is 2070 g/mol. The summed E-state index contributed by atoms with van der Waals surface area (Å²) in [7, 11) is 0. The first-order valence-electron chi connectivity index (χ1n) is 45.9. The third-order valence-corrected chi connectivity index (χ3v) is 25.7. The number of aliphatic hydroxyl groups excluding tert-OH is 9. The second-order valence-electron chi connectivity index (χ2n) is 37.4. The van der Waals surface area contributed by atoms with Crippen molar-refractivity contribution in [1.82, 2.24) is 16.0 Å². The van der Waals surface area contributed by atoms with Gasteiger partial charge in [-0.2, -0.15) is 12.6 Å². The van der Waals surface area contributed by atoms with Gasteiger partial charge in [-0.25, -0.2) is 19.4 Å². The molecule has 12 saturated heterocycles. The molecule has 1 aliphatic carbocycles. The summed E-state index contributed by atoms with van der Waals surface area (Å²) in [6.45, 7) is 13.7. The van der Waals surface area contributed by atoms with Crippen molar-refractivity contribution in [2.24, 2.45) is 48.5 Å². The van der Waals surface area contributed by atoms with Gasteiger partial charge in [-0.3, -0.25) is 58.5 Å². The number of ketones is 2. The molecule has 3 aromatic rings. The Hall–Kier alpha value is -10.8. The van der Waals surface area contributed by atoms with Gasteiger partial charge < -0.3 is 174 Å². The molecule has 14 aliphatic heterocycles. The number of aliphatic carboxylic acids is 5. The number of carboxylic acid groups (broad SMARTS) is 5. The Morgan fingerprint density at radius 2 is 1.03 bits per heavy atom. The Morgan fingerprint density at radius 1 is 0.544 bits per heavy atom. The fraction of sp³-hybridized carbons (Fsp3) is 0.625. The summed E-state index contributed by atoms with van der Waals surface area (Å²) in [6, 6.07) is 14.3. The van der Waals surface area contributed by atoms with Crippen molar-refractivity contribution in [3.05, 3.63) is 116 Å². The number of benzene rings is 3. The molecule has 61 heteroatoms. The number of aliphatic hydroxyl groups is 9. The Morgan fingerprint density at radius 3 is 1.52 bits per heavy atom. The van der Waals surface area contributed by atoms with Gasteiger partial charge in [-0.15, -0.1) is 0 Å². The minimum atomic E-state index is -1.88. The molecule has 14 heterocycles. The summed E-state index contributed by atoms with van der Waals surface area (Å²) in [4.78, 5) is 161. The van der Waals surface area contributed by atoms with Gasteiger partial charge in [0.15, 0.2) is 139 Å². The van der Waals surface area contributed by atoms with Gasteiger partial charge in [0.25, 0.3) is 5.91 Å². The van der Waals surface area contributed by atoms with Gasteiger partial charge in [0, 0.05) is 52.5 Å². The molecule has 0 spiro atoms. The SMILES string of the molecule is CC1(C)O[C@H]2OC(C(NC(=O)OCC3c4ccccc4-c4ccccc43)C(=O)O)[C@H](O)[C@H]2O1.CC1(C)O[C@H]2O[C@H]([C@@H](N=[N+]=[N-])C(=O)O)[C@H](O)[C@H]2O1.CC1(C)O[C@H]2O[C@H]3[C@H](OC(=O)[C@@H]3N=[N+]=[N-])[C@H]2O1.CC1(C)O[C@H]2O[C@H]3[C@H](OC(=O)[C@H]3O)[C@H]2O1.NC(C(=O)O)C1O[C@H](O)[C@H](O)[C@H]1O.NC1=NC2N=CC(CCc3ccc(C(=O)C[C@@H](CCC(=O)NC(C(=O)CC(CS)C(=O)O)C4O[C@H](O)[C@H](O)[C@H]4O)C(=O)O)cc3)=NC2C(=O)N1.S=[P+]=S. The zero-order chi connectivity index (χ0) is 109. The van der Waals surface area contributed by atoms with Crippen LogP contribution in [0.15, 0.2) is 98.0 Å². The van der Waals surface area contributed by atoms with Crippen LogP contribution in [0.1, 0.15) is 120 Å². The molecule has 9 unspecified atom stereocenters. The van der Waals surface area contributed by atoms with Crippen LogP contribution in [-0.4, -0.2) is 392 Å². The van der Waals surface area contributed by atoms with Crippen LogP contribution < -0.4 is 27.4 Å². The van der Waals surface area contributed by atoms with Crippen molar-refractivity contribution >= 4 is 132 Å². The van der Waals surface area contributed by atoms with E-state index in [1.807, 2.05) is 48.5 Å². The normalized spacial score (nSPS) is 33.8. The van der Waals surface area contributed by atoms with E-state index in [1.54, 1.807) is 79.7 Å². The van der Waals surface area contributed by atoms with Crippen molar-refractivity contribution in [2.75, 3.05) is 12.4 Å². The predicted molar refractivity (Wildman–Crippen MR) is 503 cm³/mol. The molecule has 12 fully saturated rings. The number of esters is 2. The standard InChI is InChI=1S/C31H38N6O12S.C24H25NO8.C9H13N3O6.C9H11N3O5.C9H12O6.C6H11NO6.PS2/c32-31-36-26-22(27(43)37-31)34-17(11-33-26)7-3-13-1-4-14(5-2-13)18(38)9-15(28(44)45)6-8-20(40)35-21(19(39)10-16(12-50)29(46)47)25-23(41)24(42)30(48)49-25;1-24(2)32-20-18(26)19(31-22(20)33-24)17(21(27)28)25-23(29)30-11-16-14-9-5-3-7-12(14)13-8-4-6-10-15(13)16;1-9(2)17-6-4(13)5(16-8(6)18-9)3(7(14)15)11-12-10;1-9(2)16-6-5-4(15-8(6)17-9)3(11-12-10)7(13)14-5;1-9(2)14-6-5-4(13-8(6)15-9)3(10)7(11)12-5;7-1(5(10)11)4-2(8)3(9)6(12)13-4;2-1-3/h1-2,4-5,11,15-16,21-26,30,41-42,48,50H,3,6-10,12H2,(H,35,40)(H,44,45)(H,46,47)(H3,32,36,37,43);3-10,16-20,22,26H,11H2,1-2H3,(H,25,29)(H,27,28);3-6,8,13H,1-2H3,(H,14,15);3-6,8H,1-2H3;3-6,8,10H,1-2H3;1-4,6,8-9,12H,7H2,(H,10,11);/q;;;;;;+1/t15-,16?,21?,22?,23-,24-,25?,26?,30+;17?,18-,19?,20+,22+;3-,4+,5-,6-,8-;3-,4-,5+,6-,8-;3-,4+,5-,6+,8+;1?,2-,3-,4?,6+;/m101101./s1. The van der Waals surface area contributed by atoms with Crippen LogP contribution in [0.2, 0.25) is 0 Å². The number of thiol groups is 1. The summed E-state index contributed by atoms with van der Waals surface area (Å²) in [5.74, 6) is -17.0. The number of hydrogen-bond acceptors (Lipinski definition) is 48. The van der Waals surface area contributed by atoms with Crippen molar-refractivity contribution in [3.63, 3.8) is 0 Å². The number of nitrogens with one attached hydrogen (secondary N) is 3. The zero-order valence-corrected chi connectivity index (χ0v) is 83.3. The van der Waals surface area contributed by atoms with E-state index < -0.39 is 322 Å². The third kappa shape index (κ3) is 27.6. The van der Waals surface area contributed by atoms with E-state index in [4.69, 9.17) is 124 Å². The molecule has 149 heavy (non-hydrogen) atoms. The van der Waals surface area contributed by atoms with Crippen molar-refractivity contribution < 1.29 is 210 Å². The molecule has 812 valence electrons.